The SMILES string of the molecule is CCOC(=O)CNC(=O)N(Cc1ccc(OC)c(OS(C)(=O)=O)c1)C(C)C. The van der Waals surface area contributed by atoms with Crippen molar-refractivity contribution in [3.8, 4) is 11.5 Å². The van der Waals surface area contributed by atoms with Gasteiger partial charge in [0.25, 0.3) is 0 Å². The van der Waals surface area contributed by atoms with Crippen LogP contribution < -0.4 is 14.2 Å². The van der Waals surface area contributed by atoms with Crippen LogP contribution in [0.4, 0.5) is 4.79 Å². The quantitative estimate of drug-likeness (QED) is 0.492. The molecule has 0 saturated heterocycles. The van der Waals surface area contributed by atoms with Crippen molar-refractivity contribution < 1.29 is 31.7 Å². The molecule has 0 saturated carbocycles. The first-order chi connectivity index (χ1) is 12.6. The van der Waals surface area contributed by atoms with Gasteiger partial charge in [0.15, 0.2) is 11.5 Å². The largest absolute Gasteiger partial charge is 0.493 e. The smallest absolute Gasteiger partial charge is 0.325 e. The topological polar surface area (TPSA) is 111 Å². The van der Waals surface area contributed by atoms with Crippen LogP contribution in [0.2, 0.25) is 0 Å². The van der Waals surface area contributed by atoms with E-state index in [9.17, 15) is 18.0 Å². The van der Waals surface area contributed by atoms with Crippen molar-refractivity contribution in [1.82, 2.24) is 10.2 Å². The highest BCUT2D eigenvalue weighted by Crippen LogP contribution is 2.29. The van der Waals surface area contributed by atoms with Crippen LogP contribution in [0.1, 0.15) is 26.3 Å². The Labute approximate surface area is 159 Å². The molecule has 0 spiro atoms. The lowest BCUT2D eigenvalue weighted by Gasteiger charge is -2.27. The maximum atomic E-state index is 12.4. The van der Waals surface area contributed by atoms with E-state index in [0.29, 0.717) is 5.56 Å². The van der Waals surface area contributed by atoms with E-state index in [2.05, 4.69) is 5.32 Å². The van der Waals surface area contributed by atoms with Gasteiger partial charge in [-0.3, -0.25) is 4.79 Å². The van der Waals surface area contributed by atoms with Crippen LogP contribution in [-0.2, 0) is 26.2 Å². The average Bonchev–Trinajstić information content (AvgIpc) is 2.56. The number of nitrogens with zero attached hydrogens (tertiary/aromatic N) is 1. The van der Waals surface area contributed by atoms with Crippen LogP contribution >= 0.6 is 0 Å². The number of amides is 2. The van der Waals surface area contributed by atoms with Gasteiger partial charge in [-0.05, 0) is 38.5 Å². The summed E-state index contributed by atoms with van der Waals surface area (Å²) in [7, 11) is -2.34. The van der Waals surface area contributed by atoms with E-state index in [1.807, 2.05) is 13.8 Å². The first-order valence-electron chi connectivity index (χ1n) is 8.33. The van der Waals surface area contributed by atoms with Gasteiger partial charge < -0.3 is 23.9 Å². The summed E-state index contributed by atoms with van der Waals surface area (Å²) in [5, 5.41) is 2.50. The summed E-state index contributed by atoms with van der Waals surface area (Å²) in [5.41, 5.74) is 0.634. The Kier molecular flexibility index (Phi) is 8.35. The molecule has 1 aromatic rings. The Morgan fingerprint density at radius 2 is 1.89 bits per heavy atom. The van der Waals surface area contributed by atoms with E-state index >= 15 is 0 Å². The minimum Gasteiger partial charge on any atom is -0.493 e. The monoisotopic (exact) mass is 402 g/mol. The molecule has 152 valence electrons. The van der Waals surface area contributed by atoms with E-state index < -0.39 is 22.1 Å². The third-order valence-electron chi connectivity index (χ3n) is 3.40. The second-order valence-corrected chi connectivity index (χ2v) is 7.53. The van der Waals surface area contributed by atoms with Crippen LogP contribution in [0.15, 0.2) is 18.2 Å². The molecule has 0 aliphatic heterocycles. The van der Waals surface area contributed by atoms with Gasteiger partial charge in [-0.1, -0.05) is 6.07 Å². The number of benzene rings is 1. The van der Waals surface area contributed by atoms with Crippen LogP contribution in [0.3, 0.4) is 0 Å². The number of esters is 1. The Morgan fingerprint density at radius 1 is 1.22 bits per heavy atom. The van der Waals surface area contributed by atoms with Gasteiger partial charge in [0.2, 0.25) is 0 Å². The fourth-order valence-corrected chi connectivity index (χ4v) is 2.65. The molecule has 0 heterocycles. The zero-order valence-electron chi connectivity index (χ0n) is 16.1. The lowest BCUT2D eigenvalue weighted by atomic mass is 10.1. The van der Waals surface area contributed by atoms with Crippen LogP contribution in [0.5, 0.6) is 11.5 Å². The molecule has 0 fully saturated rings. The third-order valence-corrected chi connectivity index (χ3v) is 3.88. The third kappa shape index (κ3) is 7.73. The number of nitrogens with one attached hydrogen (secondary N) is 1. The Hall–Kier alpha value is -2.49. The molecule has 10 heteroatoms. The number of methoxy groups -OCH3 is 1. The normalized spacial score (nSPS) is 11.0. The van der Waals surface area contributed by atoms with Gasteiger partial charge in [0.05, 0.1) is 20.0 Å². The van der Waals surface area contributed by atoms with Gasteiger partial charge in [0, 0.05) is 12.6 Å². The Morgan fingerprint density at radius 3 is 2.41 bits per heavy atom. The number of urea groups is 1. The summed E-state index contributed by atoms with van der Waals surface area (Å²) >= 11 is 0. The summed E-state index contributed by atoms with van der Waals surface area (Å²) in [6, 6.07) is 4.13. The first kappa shape index (κ1) is 22.6. The summed E-state index contributed by atoms with van der Waals surface area (Å²) in [5.74, 6) is -0.233. The molecule has 0 aliphatic rings. The van der Waals surface area contributed by atoms with Gasteiger partial charge in [-0.25, -0.2) is 4.79 Å². The molecule has 0 atom stereocenters. The Bertz CT molecular complexity index is 763. The maximum absolute atomic E-state index is 12.4. The standard InChI is InChI=1S/C17H26N2O7S/c1-6-25-16(20)10-18-17(21)19(12(2)3)11-13-7-8-14(24-4)15(9-13)26-27(5,22)23/h7-9,12H,6,10-11H2,1-5H3,(H,18,21). The number of rotatable bonds is 9. The van der Waals surface area contributed by atoms with Gasteiger partial charge in [0.1, 0.15) is 6.54 Å². The molecule has 9 nitrogen and oxygen atoms in total. The molecule has 1 N–H and O–H groups in total. The lowest BCUT2D eigenvalue weighted by Crippen LogP contribution is -2.45. The molecule has 0 unspecified atom stereocenters. The lowest BCUT2D eigenvalue weighted by molar-refractivity contribution is -0.141. The zero-order valence-corrected chi connectivity index (χ0v) is 17.0. The predicted molar refractivity (Wildman–Crippen MR) is 99.2 cm³/mol. The number of ether oxygens (including phenoxy) is 2. The molecule has 0 aromatic heterocycles. The summed E-state index contributed by atoms with van der Waals surface area (Å²) in [6.45, 7) is 5.50. The van der Waals surface area contributed by atoms with Gasteiger partial charge in [-0.2, -0.15) is 8.42 Å². The number of hydrogen-bond acceptors (Lipinski definition) is 7. The van der Waals surface area contributed by atoms with Crippen LogP contribution in [0, 0.1) is 0 Å². The van der Waals surface area contributed by atoms with Crippen LogP contribution in [-0.4, -0.2) is 57.9 Å². The highest BCUT2D eigenvalue weighted by Gasteiger charge is 2.20. The molecule has 0 radical (unpaired) electrons. The second-order valence-electron chi connectivity index (χ2n) is 5.96. The van der Waals surface area contributed by atoms with Crippen LogP contribution in [0.25, 0.3) is 0 Å². The van der Waals surface area contributed by atoms with Crippen molar-refractivity contribution in [2.75, 3.05) is 26.5 Å². The van der Waals surface area contributed by atoms with Crippen molar-refractivity contribution in [3.05, 3.63) is 23.8 Å². The second kappa shape index (κ2) is 10.0. The van der Waals surface area contributed by atoms with Crippen molar-refractivity contribution in [2.45, 2.75) is 33.4 Å². The van der Waals surface area contributed by atoms with Crippen molar-refractivity contribution >= 4 is 22.1 Å². The summed E-state index contributed by atoms with van der Waals surface area (Å²) < 4.78 is 37.7. The highest BCUT2D eigenvalue weighted by atomic mass is 32.2. The molecule has 2 amide bonds. The molecule has 0 aliphatic carbocycles. The highest BCUT2D eigenvalue weighted by molar-refractivity contribution is 7.86. The molecule has 0 bridgehead atoms. The molecular weight excluding hydrogens is 376 g/mol. The number of carbonyl (C=O) groups excluding carboxylic acids is 2. The van der Waals surface area contributed by atoms with Gasteiger partial charge in [-0.15, -0.1) is 0 Å². The predicted octanol–water partition coefficient (Wildman–Crippen LogP) is 1.52. The summed E-state index contributed by atoms with van der Waals surface area (Å²) in [4.78, 5) is 25.3. The molecule has 1 rings (SSSR count). The average molecular weight is 402 g/mol. The number of carbonyl (C=O) groups is 2. The van der Waals surface area contributed by atoms with E-state index in [1.54, 1.807) is 19.1 Å². The first-order valence-corrected chi connectivity index (χ1v) is 10.2. The van der Waals surface area contributed by atoms with Gasteiger partial charge >= 0.3 is 22.1 Å². The molecule has 27 heavy (non-hydrogen) atoms. The molecular formula is C17H26N2O7S. The van der Waals surface area contributed by atoms with E-state index in [0.717, 1.165) is 6.26 Å². The maximum Gasteiger partial charge on any atom is 0.325 e. The van der Waals surface area contributed by atoms with Crippen molar-refractivity contribution in [2.24, 2.45) is 0 Å². The zero-order chi connectivity index (χ0) is 20.6. The fourth-order valence-electron chi connectivity index (χ4n) is 2.19. The summed E-state index contributed by atoms with van der Waals surface area (Å²) in [6.07, 6.45) is 0.933. The molecule has 1 aromatic carbocycles. The fraction of sp³-hybridized carbons (Fsp3) is 0.529. The Balaban J connectivity index is 2.95. The van der Waals surface area contributed by atoms with E-state index in [4.69, 9.17) is 13.7 Å². The van der Waals surface area contributed by atoms with Crippen molar-refractivity contribution in [3.63, 3.8) is 0 Å². The van der Waals surface area contributed by atoms with E-state index in [-0.39, 0.29) is 37.2 Å². The minimum atomic E-state index is -3.74. The number of hydrogen-bond donors (Lipinski definition) is 1. The van der Waals surface area contributed by atoms with Crippen molar-refractivity contribution in [1.29, 1.82) is 0 Å². The van der Waals surface area contributed by atoms with E-state index in [1.165, 1.54) is 18.1 Å². The minimum absolute atomic E-state index is 0.0353.